The molecule has 0 aliphatic carbocycles. The number of hydrogen-bond acceptors (Lipinski definition) is 5. The summed E-state index contributed by atoms with van der Waals surface area (Å²) in [5.41, 5.74) is 1.70. The fourth-order valence-corrected chi connectivity index (χ4v) is 3.28. The van der Waals surface area contributed by atoms with E-state index in [4.69, 9.17) is 0 Å². The molecule has 2 aromatic heterocycles. The number of aryl methyl sites for hydroxylation is 1. The fraction of sp³-hybridized carbons (Fsp3) is 0.500. The summed E-state index contributed by atoms with van der Waals surface area (Å²) in [5, 5.41) is 12.6. The van der Waals surface area contributed by atoms with Gasteiger partial charge in [0.15, 0.2) is 5.13 Å². The molecule has 1 fully saturated rings. The summed E-state index contributed by atoms with van der Waals surface area (Å²) in [6, 6.07) is 1.87. The maximum absolute atomic E-state index is 12.0. The van der Waals surface area contributed by atoms with E-state index in [0.29, 0.717) is 5.82 Å². The van der Waals surface area contributed by atoms with Crippen molar-refractivity contribution in [2.45, 2.75) is 32.6 Å². The lowest BCUT2D eigenvalue weighted by Gasteiger charge is -2.25. The van der Waals surface area contributed by atoms with Crippen LogP contribution >= 0.6 is 11.3 Å². The molecule has 7 heteroatoms. The number of nitrogens with zero attached hydrogens (tertiary/aromatic N) is 3. The zero-order valence-corrected chi connectivity index (χ0v) is 12.9. The summed E-state index contributed by atoms with van der Waals surface area (Å²) in [6.45, 7) is 4.04. The van der Waals surface area contributed by atoms with Gasteiger partial charge in [0.2, 0.25) is 5.91 Å². The number of hydrogen-bond donors (Lipinski definition) is 2. The molecule has 0 atom stereocenters. The number of rotatable bonds is 4. The van der Waals surface area contributed by atoms with Gasteiger partial charge in [-0.15, -0.1) is 11.3 Å². The van der Waals surface area contributed by atoms with Crippen LogP contribution in [0.25, 0.3) is 0 Å². The molecule has 0 saturated carbocycles. The van der Waals surface area contributed by atoms with E-state index in [1.165, 1.54) is 19.3 Å². The van der Waals surface area contributed by atoms with Crippen molar-refractivity contribution in [2.24, 2.45) is 0 Å². The average molecular weight is 305 g/mol. The minimum absolute atomic E-state index is 0.0861. The number of aromatic nitrogens is 3. The van der Waals surface area contributed by atoms with Crippen molar-refractivity contribution in [3.05, 3.63) is 22.8 Å². The lowest BCUT2D eigenvalue weighted by molar-refractivity contribution is -0.115. The zero-order valence-electron chi connectivity index (χ0n) is 12.1. The van der Waals surface area contributed by atoms with Gasteiger partial charge in [-0.2, -0.15) is 5.10 Å². The Labute approximate surface area is 127 Å². The molecule has 0 radical (unpaired) electrons. The van der Waals surface area contributed by atoms with Crippen LogP contribution in [-0.4, -0.2) is 34.2 Å². The van der Waals surface area contributed by atoms with Gasteiger partial charge < -0.3 is 10.2 Å². The number of H-pyrrole nitrogens is 1. The summed E-state index contributed by atoms with van der Waals surface area (Å²) in [7, 11) is 0. The topological polar surface area (TPSA) is 73.9 Å². The average Bonchev–Trinajstić information content (AvgIpc) is 3.09. The van der Waals surface area contributed by atoms with E-state index in [2.05, 4.69) is 25.4 Å². The molecule has 0 spiro atoms. The highest BCUT2D eigenvalue weighted by Crippen LogP contribution is 2.26. The van der Waals surface area contributed by atoms with Gasteiger partial charge in [-0.05, 0) is 32.3 Å². The molecule has 1 saturated heterocycles. The molecule has 1 aliphatic rings. The fourth-order valence-electron chi connectivity index (χ4n) is 2.47. The summed E-state index contributed by atoms with van der Waals surface area (Å²) in [5.74, 6) is 0.551. The maximum atomic E-state index is 12.0. The normalized spacial score (nSPS) is 15.2. The first-order chi connectivity index (χ1) is 10.2. The number of piperidine rings is 1. The Morgan fingerprint density at radius 2 is 2.24 bits per heavy atom. The monoisotopic (exact) mass is 305 g/mol. The van der Waals surface area contributed by atoms with E-state index >= 15 is 0 Å². The van der Waals surface area contributed by atoms with Crippen LogP contribution in [0.2, 0.25) is 0 Å². The van der Waals surface area contributed by atoms with Crippen LogP contribution in [0.4, 0.5) is 10.9 Å². The quantitative estimate of drug-likeness (QED) is 0.909. The molecular formula is C14H19N5OS. The predicted octanol–water partition coefficient (Wildman–Crippen LogP) is 2.35. The van der Waals surface area contributed by atoms with Gasteiger partial charge in [0.25, 0.3) is 0 Å². The molecule has 1 amide bonds. The first-order valence-corrected chi connectivity index (χ1v) is 8.10. The van der Waals surface area contributed by atoms with Crippen molar-refractivity contribution in [3.8, 4) is 0 Å². The highest BCUT2D eigenvalue weighted by atomic mass is 32.1. The SMILES string of the molecule is Cc1cc(CC(=O)Nc2csc(N3CCCCC3)n2)n[nH]1. The van der Waals surface area contributed by atoms with Crippen molar-refractivity contribution in [1.29, 1.82) is 0 Å². The number of thiazole rings is 1. The molecule has 3 heterocycles. The lowest BCUT2D eigenvalue weighted by atomic mass is 10.1. The molecular weight excluding hydrogens is 286 g/mol. The molecule has 112 valence electrons. The third-order valence-corrected chi connectivity index (χ3v) is 4.39. The second-order valence-corrected chi connectivity index (χ2v) is 6.17. The number of nitrogens with one attached hydrogen (secondary N) is 2. The Kier molecular flexibility index (Phi) is 4.19. The number of amides is 1. The van der Waals surface area contributed by atoms with Crippen LogP contribution in [0.1, 0.15) is 30.7 Å². The molecule has 21 heavy (non-hydrogen) atoms. The molecule has 0 aromatic carbocycles. The van der Waals surface area contributed by atoms with E-state index in [1.807, 2.05) is 18.4 Å². The number of carbonyl (C=O) groups is 1. The van der Waals surface area contributed by atoms with Crippen molar-refractivity contribution in [1.82, 2.24) is 15.2 Å². The summed E-state index contributed by atoms with van der Waals surface area (Å²) in [6.07, 6.45) is 4.01. The van der Waals surface area contributed by atoms with E-state index < -0.39 is 0 Å². The maximum Gasteiger partial charge on any atom is 0.231 e. The molecule has 2 N–H and O–H groups in total. The van der Waals surface area contributed by atoms with Crippen LogP contribution in [0, 0.1) is 6.92 Å². The van der Waals surface area contributed by atoms with Crippen LogP contribution in [-0.2, 0) is 11.2 Å². The van der Waals surface area contributed by atoms with Crippen LogP contribution in [0.3, 0.4) is 0 Å². The predicted molar refractivity (Wildman–Crippen MR) is 83.8 cm³/mol. The highest BCUT2D eigenvalue weighted by molar-refractivity contribution is 7.14. The van der Waals surface area contributed by atoms with Crippen LogP contribution in [0.5, 0.6) is 0 Å². The van der Waals surface area contributed by atoms with Gasteiger partial charge in [0.05, 0.1) is 12.1 Å². The second-order valence-electron chi connectivity index (χ2n) is 5.33. The van der Waals surface area contributed by atoms with Gasteiger partial charge in [0.1, 0.15) is 5.82 Å². The molecule has 0 unspecified atom stereocenters. The van der Waals surface area contributed by atoms with Crippen molar-refractivity contribution in [2.75, 3.05) is 23.3 Å². The Morgan fingerprint density at radius 3 is 2.95 bits per heavy atom. The summed E-state index contributed by atoms with van der Waals surface area (Å²) >= 11 is 1.59. The van der Waals surface area contributed by atoms with E-state index in [9.17, 15) is 4.79 Å². The van der Waals surface area contributed by atoms with Gasteiger partial charge in [0, 0.05) is 24.2 Å². The van der Waals surface area contributed by atoms with Crippen LogP contribution in [0.15, 0.2) is 11.4 Å². The van der Waals surface area contributed by atoms with Crippen molar-refractivity contribution in [3.63, 3.8) is 0 Å². The van der Waals surface area contributed by atoms with Crippen LogP contribution < -0.4 is 10.2 Å². The Bertz CT molecular complexity index is 614. The molecule has 2 aromatic rings. The lowest BCUT2D eigenvalue weighted by Crippen LogP contribution is -2.29. The summed E-state index contributed by atoms with van der Waals surface area (Å²) in [4.78, 5) is 18.8. The van der Waals surface area contributed by atoms with Gasteiger partial charge in [-0.25, -0.2) is 4.98 Å². The second kappa shape index (κ2) is 6.26. The third kappa shape index (κ3) is 3.60. The molecule has 3 rings (SSSR count). The van der Waals surface area contributed by atoms with Gasteiger partial charge in [-0.1, -0.05) is 0 Å². The highest BCUT2D eigenvalue weighted by Gasteiger charge is 2.15. The Morgan fingerprint density at radius 1 is 1.43 bits per heavy atom. The van der Waals surface area contributed by atoms with Crippen molar-refractivity contribution >= 4 is 28.2 Å². The first-order valence-electron chi connectivity index (χ1n) is 7.22. The Balaban J connectivity index is 1.57. The summed E-state index contributed by atoms with van der Waals surface area (Å²) < 4.78 is 0. The molecule has 0 bridgehead atoms. The molecule has 6 nitrogen and oxygen atoms in total. The minimum Gasteiger partial charge on any atom is -0.348 e. The van der Waals surface area contributed by atoms with Crippen molar-refractivity contribution < 1.29 is 4.79 Å². The van der Waals surface area contributed by atoms with E-state index in [-0.39, 0.29) is 12.3 Å². The number of aromatic amines is 1. The Hall–Kier alpha value is -1.89. The third-order valence-electron chi connectivity index (χ3n) is 3.49. The zero-order chi connectivity index (χ0) is 14.7. The minimum atomic E-state index is -0.0861. The largest absolute Gasteiger partial charge is 0.348 e. The number of carbonyl (C=O) groups excluding carboxylic acids is 1. The first kappa shape index (κ1) is 14.1. The molecule has 1 aliphatic heterocycles. The van der Waals surface area contributed by atoms with E-state index in [0.717, 1.165) is 29.6 Å². The number of anilines is 2. The smallest absolute Gasteiger partial charge is 0.231 e. The van der Waals surface area contributed by atoms with Gasteiger partial charge in [-0.3, -0.25) is 9.89 Å². The van der Waals surface area contributed by atoms with Gasteiger partial charge >= 0.3 is 0 Å². The van der Waals surface area contributed by atoms with E-state index in [1.54, 1.807) is 11.3 Å². The standard InChI is InChI=1S/C14H19N5OS/c1-10-7-11(18-17-10)8-13(20)15-12-9-21-14(16-12)19-5-3-2-4-6-19/h7,9H,2-6,8H2,1H3,(H,15,20)(H,17,18).